The summed E-state index contributed by atoms with van der Waals surface area (Å²) in [5.74, 6) is -0.839. The predicted molar refractivity (Wildman–Crippen MR) is 108 cm³/mol. The summed E-state index contributed by atoms with van der Waals surface area (Å²) in [7, 11) is 0. The zero-order chi connectivity index (χ0) is 18.5. The molecule has 0 spiro atoms. The average molecular weight is 456 g/mol. The molecule has 0 atom stereocenters. The van der Waals surface area contributed by atoms with Crippen LogP contribution in [0.5, 0.6) is 0 Å². The van der Waals surface area contributed by atoms with Gasteiger partial charge < -0.3 is 9.47 Å². The van der Waals surface area contributed by atoms with Crippen LogP contribution in [0.25, 0.3) is 0 Å². The molecule has 0 aromatic heterocycles. The lowest BCUT2D eigenvalue weighted by Gasteiger charge is -2.08. The van der Waals surface area contributed by atoms with Gasteiger partial charge in [0.15, 0.2) is 0 Å². The standard InChI is InChI=1S/C20H25IO4/c1-3-5-7-9-11-24-19(22)16-13-17(15-18(21)14-16)20(23)25-12-10-8-6-4-2/h3-4,13-15H,1-2,5-12H2. The van der Waals surface area contributed by atoms with E-state index in [2.05, 4.69) is 35.7 Å². The minimum atomic E-state index is -0.419. The molecule has 0 N–H and O–H groups in total. The summed E-state index contributed by atoms with van der Waals surface area (Å²) in [5.41, 5.74) is 0.739. The molecule has 0 aliphatic heterocycles. The minimum Gasteiger partial charge on any atom is -0.462 e. The molecule has 0 amide bonds. The number of hydrogen-bond acceptors (Lipinski definition) is 4. The molecule has 1 aromatic rings. The number of carbonyl (C=O) groups is 2. The second-order valence-electron chi connectivity index (χ2n) is 5.57. The smallest absolute Gasteiger partial charge is 0.338 e. The number of rotatable bonds is 12. The molecule has 1 rings (SSSR count). The molecular formula is C20H25IO4. The summed E-state index contributed by atoms with van der Waals surface area (Å²) in [5, 5.41) is 0. The normalized spacial score (nSPS) is 10.1. The number of unbranched alkanes of at least 4 members (excludes halogenated alkanes) is 4. The summed E-state index contributed by atoms with van der Waals surface area (Å²) in [4.78, 5) is 24.3. The molecule has 0 aliphatic carbocycles. The lowest BCUT2D eigenvalue weighted by atomic mass is 10.1. The maximum absolute atomic E-state index is 12.1. The number of benzene rings is 1. The van der Waals surface area contributed by atoms with Crippen LogP contribution in [0.4, 0.5) is 0 Å². The first-order valence-electron chi connectivity index (χ1n) is 8.45. The first-order chi connectivity index (χ1) is 12.1. The number of esters is 2. The van der Waals surface area contributed by atoms with E-state index >= 15 is 0 Å². The summed E-state index contributed by atoms with van der Waals surface area (Å²) in [6.07, 6.45) is 8.96. The highest BCUT2D eigenvalue weighted by molar-refractivity contribution is 14.1. The number of halogens is 1. The van der Waals surface area contributed by atoms with Crippen LogP contribution in [0.3, 0.4) is 0 Å². The number of allylic oxidation sites excluding steroid dienone is 2. The summed E-state index contributed by atoms with van der Waals surface area (Å²) >= 11 is 2.07. The first kappa shape index (κ1) is 21.4. The zero-order valence-corrected chi connectivity index (χ0v) is 16.6. The van der Waals surface area contributed by atoms with E-state index < -0.39 is 11.9 Å². The van der Waals surface area contributed by atoms with E-state index in [1.54, 1.807) is 12.1 Å². The van der Waals surface area contributed by atoms with Crippen molar-refractivity contribution in [2.75, 3.05) is 13.2 Å². The number of ether oxygens (including phenoxy) is 2. The first-order valence-corrected chi connectivity index (χ1v) is 9.53. The lowest BCUT2D eigenvalue weighted by molar-refractivity contribution is 0.0497. The molecule has 0 aliphatic rings. The van der Waals surface area contributed by atoms with Crippen LogP contribution in [0, 0.1) is 3.57 Å². The number of hydrogen-bond donors (Lipinski definition) is 0. The van der Waals surface area contributed by atoms with E-state index in [1.165, 1.54) is 6.07 Å². The van der Waals surface area contributed by atoms with Gasteiger partial charge in [-0.3, -0.25) is 0 Å². The van der Waals surface area contributed by atoms with Gasteiger partial charge in [-0.05, 0) is 79.3 Å². The minimum absolute atomic E-state index is 0.362. The molecule has 0 unspecified atom stereocenters. The van der Waals surface area contributed by atoms with Gasteiger partial charge in [0, 0.05) is 3.57 Å². The Hall–Kier alpha value is -1.63. The van der Waals surface area contributed by atoms with Gasteiger partial charge in [-0.25, -0.2) is 9.59 Å². The Morgan fingerprint density at radius 3 is 1.68 bits per heavy atom. The third-order valence-electron chi connectivity index (χ3n) is 3.44. The third-order valence-corrected chi connectivity index (χ3v) is 4.06. The van der Waals surface area contributed by atoms with Gasteiger partial charge in [0.05, 0.1) is 24.3 Å². The molecule has 0 bridgehead atoms. The Morgan fingerprint density at radius 1 is 0.840 bits per heavy atom. The van der Waals surface area contributed by atoms with Crippen molar-refractivity contribution < 1.29 is 19.1 Å². The van der Waals surface area contributed by atoms with Gasteiger partial charge in [0.1, 0.15) is 0 Å². The molecule has 0 radical (unpaired) electrons. The second kappa shape index (κ2) is 12.7. The SMILES string of the molecule is C=CCCCCOC(=O)c1cc(I)cc(C(=O)OCCCCC=C)c1. The molecule has 4 nitrogen and oxygen atoms in total. The van der Waals surface area contributed by atoms with Crippen molar-refractivity contribution in [1.29, 1.82) is 0 Å². The van der Waals surface area contributed by atoms with Crippen LogP contribution >= 0.6 is 22.6 Å². The largest absolute Gasteiger partial charge is 0.462 e. The van der Waals surface area contributed by atoms with Crippen molar-refractivity contribution in [3.05, 3.63) is 58.2 Å². The van der Waals surface area contributed by atoms with Gasteiger partial charge in [0.25, 0.3) is 0 Å². The highest BCUT2D eigenvalue weighted by atomic mass is 127. The van der Waals surface area contributed by atoms with Gasteiger partial charge in [0.2, 0.25) is 0 Å². The van der Waals surface area contributed by atoms with Crippen molar-refractivity contribution >= 4 is 34.5 Å². The highest BCUT2D eigenvalue weighted by Gasteiger charge is 2.14. The topological polar surface area (TPSA) is 52.6 Å². The molecule has 1 aromatic carbocycles. The highest BCUT2D eigenvalue weighted by Crippen LogP contribution is 2.15. The van der Waals surface area contributed by atoms with Gasteiger partial charge >= 0.3 is 11.9 Å². The zero-order valence-electron chi connectivity index (χ0n) is 14.5. The van der Waals surface area contributed by atoms with E-state index in [1.807, 2.05) is 12.2 Å². The van der Waals surface area contributed by atoms with E-state index in [-0.39, 0.29) is 0 Å². The van der Waals surface area contributed by atoms with Crippen LogP contribution in [-0.4, -0.2) is 25.2 Å². The van der Waals surface area contributed by atoms with Crippen LogP contribution in [-0.2, 0) is 9.47 Å². The molecule has 5 heteroatoms. The molecule has 136 valence electrons. The van der Waals surface area contributed by atoms with Crippen LogP contribution in [0.1, 0.15) is 59.2 Å². The van der Waals surface area contributed by atoms with Crippen molar-refractivity contribution in [3.63, 3.8) is 0 Å². The Morgan fingerprint density at radius 2 is 1.28 bits per heavy atom. The third kappa shape index (κ3) is 8.86. The van der Waals surface area contributed by atoms with Crippen molar-refractivity contribution in [3.8, 4) is 0 Å². The Bertz CT molecular complexity index is 547. The van der Waals surface area contributed by atoms with Crippen LogP contribution < -0.4 is 0 Å². The van der Waals surface area contributed by atoms with Crippen molar-refractivity contribution in [2.45, 2.75) is 38.5 Å². The number of carbonyl (C=O) groups excluding carboxylic acids is 2. The van der Waals surface area contributed by atoms with Crippen molar-refractivity contribution in [1.82, 2.24) is 0 Å². The maximum Gasteiger partial charge on any atom is 0.338 e. The van der Waals surface area contributed by atoms with E-state index in [0.29, 0.717) is 24.3 Å². The fraction of sp³-hybridized carbons (Fsp3) is 0.400. The Balaban J connectivity index is 2.56. The summed E-state index contributed by atoms with van der Waals surface area (Å²) < 4.78 is 11.3. The average Bonchev–Trinajstić information content (AvgIpc) is 2.60. The fourth-order valence-electron chi connectivity index (χ4n) is 2.10. The summed E-state index contributed by atoms with van der Waals surface area (Å²) in [6, 6.07) is 4.93. The molecule has 0 fully saturated rings. The van der Waals surface area contributed by atoms with Gasteiger partial charge in [-0.1, -0.05) is 12.2 Å². The van der Waals surface area contributed by atoms with E-state index in [9.17, 15) is 9.59 Å². The lowest BCUT2D eigenvalue weighted by Crippen LogP contribution is -2.11. The Labute approximate surface area is 163 Å². The monoisotopic (exact) mass is 456 g/mol. The molecule has 25 heavy (non-hydrogen) atoms. The second-order valence-corrected chi connectivity index (χ2v) is 6.81. The van der Waals surface area contributed by atoms with Gasteiger partial charge in [-0.15, -0.1) is 13.2 Å². The quantitative estimate of drug-likeness (QED) is 0.185. The fourth-order valence-corrected chi connectivity index (χ4v) is 2.77. The molecule has 0 saturated carbocycles. The van der Waals surface area contributed by atoms with E-state index in [4.69, 9.17) is 9.47 Å². The van der Waals surface area contributed by atoms with Crippen LogP contribution in [0.15, 0.2) is 43.5 Å². The molecular weight excluding hydrogens is 431 g/mol. The van der Waals surface area contributed by atoms with Gasteiger partial charge in [-0.2, -0.15) is 0 Å². The molecule has 0 saturated heterocycles. The van der Waals surface area contributed by atoms with Crippen molar-refractivity contribution in [2.24, 2.45) is 0 Å². The Kier molecular flexibility index (Phi) is 10.9. The van der Waals surface area contributed by atoms with E-state index in [0.717, 1.165) is 42.1 Å². The predicted octanol–water partition coefficient (Wildman–Crippen LogP) is 5.32. The molecule has 0 heterocycles. The summed E-state index contributed by atoms with van der Waals surface area (Å²) in [6.45, 7) is 8.04. The van der Waals surface area contributed by atoms with Crippen LogP contribution in [0.2, 0.25) is 0 Å². The maximum atomic E-state index is 12.1.